The molecule has 0 spiro atoms. The number of esters is 2. The second-order valence-corrected chi connectivity index (χ2v) is 7.93. The molecule has 0 saturated carbocycles. The lowest BCUT2D eigenvalue weighted by molar-refractivity contribution is -0.145. The average Bonchev–Trinajstić information content (AvgIpc) is 2.88. The third kappa shape index (κ3) is 6.21. The van der Waals surface area contributed by atoms with Gasteiger partial charge in [-0.1, -0.05) is 18.2 Å². The molecular formula is C26H30N2O6. The highest BCUT2D eigenvalue weighted by Gasteiger charge is 2.42. The van der Waals surface area contributed by atoms with Gasteiger partial charge in [0.15, 0.2) is 11.7 Å². The van der Waals surface area contributed by atoms with Crippen LogP contribution in [0.15, 0.2) is 42.5 Å². The van der Waals surface area contributed by atoms with Crippen LogP contribution in [0.1, 0.15) is 44.7 Å². The van der Waals surface area contributed by atoms with Gasteiger partial charge in [-0.15, -0.1) is 0 Å². The van der Waals surface area contributed by atoms with Crippen LogP contribution in [0.2, 0.25) is 0 Å². The fourth-order valence-corrected chi connectivity index (χ4v) is 3.79. The summed E-state index contributed by atoms with van der Waals surface area (Å²) in [4.78, 5) is 37.8. The van der Waals surface area contributed by atoms with Gasteiger partial charge in [0.25, 0.3) is 0 Å². The van der Waals surface area contributed by atoms with E-state index in [1.165, 1.54) is 27.4 Å². The molecule has 0 aliphatic heterocycles. The van der Waals surface area contributed by atoms with E-state index in [0.717, 1.165) is 24.8 Å². The summed E-state index contributed by atoms with van der Waals surface area (Å²) in [5.74, 6) is -0.667. The summed E-state index contributed by atoms with van der Waals surface area (Å²) >= 11 is 0. The standard InChI is InChI=1S/C26H30N2O6/c1-28(14-11-19-9-10-21(17-29)23(15-19)32-2)13-6-12-26(18-27,25(31)34-4)22-8-5-7-20(16-22)24(30)33-3/h5,7-10,15-17H,6,11-14H2,1-4H3. The van der Waals surface area contributed by atoms with Crippen LogP contribution in [0.25, 0.3) is 0 Å². The maximum atomic E-state index is 12.7. The number of benzene rings is 2. The highest BCUT2D eigenvalue weighted by molar-refractivity contribution is 5.91. The summed E-state index contributed by atoms with van der Waals surface area (Å²) in [5, 5.41) is 10.0. The first-order valence-electron chi connectivity index (χ1n) is 10.8. The molecule has 34 heavy (non-hydrogen) atoms. The lowest BCUT2D eigenvalue weighted by atomic mass is 9.77. The van der Waals surface area contributed by atoms with Crippen molar-refractivity contribution in [1.29, 1.82) is 5.26 Å². The highest BCUT2D eigenvalue weighted by atomic mass is 16.5. The van der Waals surface area contributed by atoms with Gasteiger partial charge in [-0.05, 0) is 68.2 Å². The quantitative estimate of drug-likeness (QED) is 0.347. The zero-order valence-corrected chi connectivity index (χ0v) is 20.0. The molecule has 1 unspecified atom stereocenters. The monoisotopic (exact) mass is 466 g/mol. The lowest BCUT2D eigenvalue weighted by Crippen LogP contribution is -2.37. The minimum absolute atomic E-state index is 0.229. The third-order valence-corrected chi connectivity index (χ3v) is 5.80. The fourth-order valence-electron chi connectivity index (χ4n) is 3.79. The van der Waals surface area contributed by atoms with E-state index in [9.17, 15) is 19.6 Å². The Morgan fingerprint density at radius 2 is 1.85 bits per heavy atom. The van der Waals surface area contributed by atoms with Crippen molar-refractivity contribution in [3.05, 3.63) is 64.7 Å². The van der Waals surface area contributed by atoms with Crippen molar-refractivity contribution >= 4 is 18.2 Å². The Hall–Kier alpha value is -3.70. The molecule has 8 nitrogen and oxygen atoms in total. The molecule has 2 aromatic carbocycles. The summed E-state index contributed by atoms with van der Waals surface area (Å²) in [7, 11) is 6.01. The molecule has 0 bridgehead atoms. The maximum absolute atomic E-state index is 12.7. The van der Waals surface area contributed by atoms with Crippen LogP contribution < -0.4 is 4.74 Å². The van der Waals surface area contributed by atoms with Crippen LogP contribution in [-0.4, -0.2) is 64.6 Å². The first kappa shape index (κ1) is 26.6. The van der Waals surface area contributed by atoms with E-state index in [1.54, 1.807) is 24.3 Å². The van der Waals surface area contributed by atoms with Crippen LogP contribution in [0, 0.1) is 11.3 Å². The van der Waals surface area contributed by atoms with Crippen molar-refractivity contribution in [2.24, 2.45) is 0 Å². The number of ether oxygens (including phenoxy) is 3. The molecule has 8 heteroatoms. The van der Waals surface area contributed by atoms with Crippen molar-refractivity contribution in [2.45, 2.75) is 24.7 Å². The molecule has 0 aliphatic rings. The molecule has 0 aliphatic carbocycles. The van der Waals surface area contributed by atoms with E-state index in [4.69, 9.17) is 14.2 Å². The first-order chi connectivity index (χ1) is 16.3. The Balaban J connectivity index is 2.07. The number of aldehydes is 1. The minimum atomic E-state index is -1.53. The van der Waals surface area contributed by atoms with Gasteiger partial charge in [-0.2, -0.15) is 5.26 Å². The molecule has 0 N–H and O–H groups in total. The van der Waals surface area contributed by atoms with E-state index >= 15 is 0 Å². The molecule has 180 valence electrons. The van der Waals surface area contributed by atoms with Gasteiger partial charge < -0.3 is 19.1 Å². The number of methoxy groups -OCH3 is 3. The van der Waals surface area contributed by atoms with E-state index < -0.39 is 17.4 Å². The predicted octanol–water partition coefficient (Wildman–Crippen LogP) is 3.18. The second-order valence-electron chi connectivity index (χ2n) is 7.93. The van der Waals surface area contributed by atoms with Crippen LogP contribution in [0.4, 0.5) is 0 Å². The van der Waals surface area contributed by atoms with Gasteiger partial charge in [0.05, 0.1) is 38.5 Å². The zero-order chi connectivity index (χ0) is 25.1. The smallest absolute Gasteiger partial charge is 0.337 e. The Morgan fingerprint density at radius 3 is 2.47 bits per heavy atom. The van der Waals surface area contributed by atoms with Crippen molar-refractivity contribution in [3.8, 4) is 11.8 Å². The molecule has 0 amide bonds. The Labute approximate surface area is 200 Å². The minimum Gasteiger partial charge on any atom is -0.496 e. The molecule has 0 aromatic heterocycles. The molecule has 0 fully saturated rings. The molecule has 0 saturated heterocycles. The number of carbonyl (C=O) groups is 3. The number of hydrogen-bond donors (Lipinski definition) is 0. The summed E-state index contributed by atoms with van der Waals surface area (Å²) in [6.07, 6.45) is 2.29. The van der Waals surface area contributed by atoms with Gasteiger partial charge in [-0.3, -0.25) is 4.79 Å². The van der Waals surface area contributed by atoms with Gasteiger partial charge in [0, 0.05) is 6.54 Å². The first-order valence-corrected chi connectivity index (χ1v) is 10.8. The van der Waals surface area contributed by atoms with E-state index in [1.807, 2.05) is 19.2 Å². The van der Waals surface area contributed by atoms with Crippen LogP contribution in [-0.2, 0) is 26.1 Å². The Kier molecular flexibility index (Phi) is 9.77. The topological polar surface area (TPSA) is 106 Å². The number of nitrogens with zero attached hydrogens (tertiary/aromatic N) is 2. The average molecular weight is 467 g/mol. The van der Waals surface area contributed by atoms with Gasteiger partial charge in [0.2, 0.25) is 0 Å². The van der Waals surface area contributed by atoms with E-state index in [0.29, 0.717) is 29.8 Å². The molecule has 1 atom stereocenters. The lowest BCUT2D eigenvalue weighted by Gasteiger charge is -2.26. The number of likely N-dealkylation sites (N-methyl/N-ethyl adjacent to an activating group) is 1. The van der Waals surface area contributed by atoms with Crippen LogP contribution in [0.3, 0.4) is 0 Å². The zero-order valence-electron chi connectivity index (χ0n) is 20.0. The number of carbonyl (C=O) groups excluding carboxylic acids is 3. The van der Waals surface area contributed by atoms with Crippen molar-refractivity contribution < 1.29 is 28.6 Å². The van der Waals surface area contributed by atoms with Gasteiger partial charge in [0.1, 0.15) is 5.75 Å². The fraction of sp³-hybridized carbons (Fsp3) is 0.385. The molecule has 2 aromatic rings. The van der Waals surface area contributed by atoms with Crippen molar-refractivity contribution in [3.63, 3.8) is 0 Å². The predicted molar refractivity (Wildman–Crippen MR) is 126 cm³/mol. The molecule has 0 heterocycles. The molecular weight excluding hydrogens is 436 g/mol. The Bertz CT molecular complexity index is 1060. The SMILES string of the molecule is COC(=O)c1cccc(C(C#N)(CCCN(C)CCc2ccc(C=O)c(OC)c2)C(=O)OC)c1. The highest BCUT2D eigenvalue weighted by Crippen LogP contribution is 2.31. The normalized spacial score (nSPS) is 12.4. The van der Waals surface area contributed by atoms with Gasteiger partial charge >= 0.3 is 11.9 Å². The molecule has 0 radical (unpaired) electrons. The summed E-state index contributed by atoms with van der Waals surface area (Å²) in [6, 6.07) is 14.0. The summed E-state index contributed by atoms with van der Waals surface area (Å²) in [6.45, 7) is 1.37. The van der Waals surface area contributed by atoms with E-state index in [2.05, 4.69) is 11.0 Å². The summed E-state index contributed by atoms with van der Waals surface area (Å²) in [5.41, 5.74) is 0.672. The third-order valence-electron chi connectivity index (χ3n) is 5.80. The number of rotatable bonds is 12. The van der Waals surface area contributed by atoms with Gasteiger partial charge in [-0.25, -0.2) is 9.59 Å². The Morgan fingerprint density at radius 1 is 1.09 bits per heavy atom. The van der Waals surface area contributed by atoms with E-state index in [-0.39, 0.29) is 12.0 Å². The van der Waals surface area contributed by atoms with Crippen molar-refractivity contribution in [1.82, 2.24) is 4.90 Å². The summed E-state index contributed by atoms with van der Waals surface area (Å²) < 4.78 is 15.0. The van der Waals surface area contributed by atoms with Crippen LogP contribution >= 0.6 is 0 Å². The van der Waals surface area contributed by atoms with Crippen molar-refractivity contribution in [2.75, 3.05) is 41.5 Å². The largest absolute Gasteiger partial charge is 0.496 e. The van der Waals surface area contributed by atoms with Crippen LogP contribution in [0.5, 0.6) is 5.75 Å². The maximum Gasteiger partial charge on any atom is 0.337 e. The molecule has 2 rings (SSSR count). The second kappa shape index (κ2) is 12.5. The number of hydrogen-bond acceptors (Lipinski definition) is 8. The number of nitriles is 1.